The number of aromatic nitrogens is 4. The Bertz CT molecular complexity index is 813. The van der Waals surface area contributed by atoms with Crippen LogP contribution in [0.2, 0.25) is 0 Å². The molecule has 27 heavy (non-hydrogen) atoms. The lowest BCUT2D eigenvalue weighted by molar-refractivity contribution is -0.141. The van der Waals surface area contributed by atoms with Gasteiger partial charge in [-0.1, -0.05) is 48.5 Å². The largest absolute Gasteiger partial charge is 0.406 e. The first kappa shape index (κ1) is 19.5. The highest BCUT2D eigenvalue weighted by molar-refractivity contribution is 7.99. The van der Waals surface area contributed by atoms with Gasteiger partial charge < -0.3 is 4.57 Å². The van der Waals surface area contributed by atoms with Crippen molar-refractivity contribution in [2.45, 2.75) is 43.7 Å². The third-order valence-electron chi connectivity index (χ3n) is 4.05. The molecule has 0 saturated carbocycles. The number of alkyl halides is 3. The van der Waals surface area contributed by atoms with Crippen molar-refractivity contribution in [1.29, 1.82) is 0 Å². The molecule has 0 aliphatic carbocycles. The first-order valence-corrected chi connectivity index (χ1v) is 9.79. The first-order valence-electron chi connectivity index (χ1n) is 8.81. The van der Waals surface area contributed by atoms with Crippen molar-refractivity contribution >= 4 is 11.8 Å². The van der Waals surface area contributed by atoms with E-state index in [1.165, 1.54) is 22.5 Å². The molecule has 144 valence electrons. The van der Waals surface area contributed by atoms with Gasteiger partial charge in [0.25, 0.3) is 0 Å². The number of hydrogen-bond donors (Lipinski definition) is 0. The monoisotopic (exact) mass is 394 g/mol. The molecular weight excluding hydrogens is 373 g/mol. The number of rotatable bonds is 9. The zero-order chi connectivity index (χ0) is 19.1. The zero-order valence-corrected chi connectivity index (χ0v) is 15.6. The number of thioether (sulfide) groups is 1. The molecule has 0 radical (unpaired) electrons. The molecule has 0 unspecified atom stereocenters. The maximum Gasteiger partial charge on any atom is 0.406 e. The van der Waals surface area contributed by atoms with E-state index in [4.69, 9.17) is 0 Å². The molecule has 3 rings (SSSR count). The van der Waals surface area contributed by atoms with Crippen LogP contribution in [0.5, 0.6) is 0 Å². The maximum atomic E-state index is 13.1. The van der Waals surface area contributed by atoms with Gasteiger partial charge in [0.2, 0.25) is 0 Å². The molecule has 0 spiro atoms. The lowest BCUT2D eigenvalue weighted by atomic mass is 10.2. The number of aryl methyl sites for hydroxylation is 1. The summed E-state index contributed by atoms with van der Waals surface area (Å²) in [7, 11) is 0. The molecule has 0 bridgehead atoms. The second kappa shape index (κ2) is 9.12. The van der Waals surface area contributed by atoms with E-state index in [0.717, 1.165) is 37.1 Å². The van der Waals surface area contributed by atoms with E-state index in [0.29, 0.717) is 10.9 Å². The van der Waals surface area contributed by atoms with E-state index in [2.05, 4.69) is 10.1 Å². The van der Waals surface area contributed by atoms with Crippen LogP contribution >= 0.6 is 11.8 Å². The Hall–Kier alpha value is -2.22. The fourth-order valence-electron chi connectivity index (χ4n) is 2.79. The Morgan fingerprint density at radius 3 is 2.52 bits per heavy atom. The second-order valence-corrected chi connectivity index (χ2v) is 7.23. The van der Waals surface area contributed by atoms with Crippen LogP contribution < -0.4 is 0 Å². The van der Waals surface area contributed by atoms with E-state index < -0.39 is 12.7 Å². The number of nitrogens with zero attached hydrogens (tertiary/aromatic N) is 4. The lowest BCUT2D eigenvalue weighted by Crippen LogP contribution is -2.19. The van der Waals surface area contributed by atoms with Gasteiger partial charge >= 0.3 is 6.18 Å². The predicted molar refractivity (Wildman–Crippen MR) is 101 cm³/mol. The number of halogens is 3. The SMILES string of the molecule is FC(F)(F)Cn1c(-c2ccccc2)cnc1SCCCCCn1cccn1. The van der Waals surface area contributed by atoms with E-state index in [-0.39, 0.29) is 0 Å². The minimum absolute atomic E-state index is 0.415. The molecule has 3 aromatic rings. The van der Waals surface area contributed by atoms with Gasteiger partial charge in [0, 0.05) is 24.7 Å². The lowest BCUT2D eigenvalue weighted by Gasteiger charge is -2.14. The average Bonchev–Trinajstić information content (AvgIpc) is 3.28. The molecule has 0 aliphatic rings. The van der Waals surface area contributed by atoms with Gasteiger partial charge in [-0.2, -0.15) is 18.3 Å². The second-order valence-electron chi connectivity index (χ2n) is 6.17. The Morgan fingerprint density at radius 2 is 1.81 bits per heavy atom. The third-order valence-corrected chi connectivity index (χ3v) is 5.12. The first-order chi connectivity index (χ1) is 13.0. The average molecular weight is 394 g/mol. The standard InChI is InChI=1S/C19H21F3N4S/c20-19(21,22)15-26-17(16-8-3-1-4-9-16)14-23-18(26)27-13-6-2-5-11-25-12-7-10-24-25/h1,3-4,7-10,12,14H,2,5-6,11,13,15H2. The summed E-state index contributed by atoms with van der Waals surface area (Å²) in [6, 6.07) is 11.0. The summed E-state index contributed by atoms with van der Waals surface area (Å²) in [6.45, 7) is -0.169. The summed E-state index contributed by atoms with van der Waals surface area (Å²) in [5, 5.41) is 4.57. The van der Waals surface area contributed by atoms with Crippen LogP contribution in [0.3, 0.4) is 0 Å². The Labute approximate surface area is 160 Å². The fraction of sp³-hybridized carbons (Fsp3) is 0.368. The molecule has 0 fully saturated rings. The molecule has 0 saturated heterocycles. The van der Waals surface area contributed by atoms with Gasteiger partial charge in [-0.3, -0.25) is 4.68 Å². The molecule has 4 nitrogen and oxygen atoms in total. The van der Waals surface area contributed by atoms with Crippen LogP contribution in [0.15, 0.2) is 60.1 Å². The topological polar surface area (TPSA) is 35.6 Å². The molecule has 1 aromatic carbocycles. The quantitative estimate of drug-likeness (QED) is 0.366. The number of unbranched alkanes of at least 4 members (excludes halogenated alkanes) is 2. The van der Waals surface area contributed by atoms with E-state index in [1.54, 1.807) is 18.3 Å². The smallest absolute Gasteiger partial charge is 0.310 e. The van der Waals surface area contributed by atoms with Gasteiger partial charge in [-0.15, -0.1) is 0 Å². The van der Waals surface area contributed by atoms with Crippen LogP contribution in [-0.4, -0.2) is 31.3 Å². The normalized spacial score (nSPS) is 11.8. The highest BCUT2D eigenvalue weighted by Gasteiger charge is 2.30. The van der Waals surface area contributed by atoms with Crippen molar-refractivity contribution in [2.24, 2.45) is 0 Å². The van der Waals surface area contributed by atoms with Crippen LogP contribution in [0.4, 0.5) is 13.2 Å². The maximum absolute atomic E-state index is 13.1. The summed E-state index contributed by atoms with van der Waals surface area (Å²) in [5.41, 5.74) is 1.23. The minimum atomic E-state index is -4.29. The van der Waals surface area contributed by atoms with Gasteiger partial charge in [0.05, 0.1) is 11.9 Å². The van der Waals surface area contributed by atoms with Crippen molar-refractivity contribution in [3.63, 3.8) is 0 Å². The van der Waals surface area contributed by atoms with Gasteiger partial charge in [-0.25, -0.2) is 4.98 Å². The summed E-state index contributed by atoms with van der Waals surface area (Å²) in [5.74, 6) is 0.738. The Morgan fingerprint density at radius 1 is 1.00 bits per heavy atom. The molecule has 0 N–H and O–H groups in total. The van der Waals surface area contributed by atoms with Crippen molar-refractivity contribution in [3.05, 3.63) is 55.0 Å². The molecule has 8 heteroatoms. The molecule has 0 aliphatic heterocycles. The fourth-order valence-corrected chi connectivity index (χ4v) is 3.77. The van der Waals surface area contributed by atoms with Crippen LogP contribution in [0, 0.1) is 0 Å². The summed E-state index contributed by atoms with van der Waals surface area (Å²) in [4.78, 5) is 4.25. The van der Waals surface area contributed by atoms with Gasteiger partial charge in [-0.05, 0) is 24.5 Å². The molecule has 2 aromatic heterocycles. The molecule has 2 heterocycles. The van der Waals surface area contributed by atoms with E-state index in [1.807, 2.05) is 35.1 Å². The van der Waals surface area contributed by atoms with Crippen LogP contribution in [0.1, 0.15) is 19.3 Å². The number of benzene rings is 1. The van der Waals surface area contributed by atoms with Crippen molar-refractivity contribution in [3.8, 4) is 11.3 Å². The highest BCUT2D eigenvalue weighted by atomic mass is 32.2. The van der Waals surface area contributed by atoms with E-state index >= 15 is 0 Å². The Kier molecular flexibility index (Phi) is 6.60. The van der Waals surface area contributed by atoms with Crippen molar-refractivity contribution in [2.75, 3.05) is 5.75 Å². The summed E-state index contributed by atoms with van der Waals surface area (Å²) < 4.78 is 42.3. The van der Waals surface area contributed by atoms with Crippen LogP contribution in [0.25, 0.3) is 11.3 Å². The molecular formula is C19H21F3N4S. The number of imidazole rings is 1. The van der Waals surface area contributed by atoms with Gasteiger partial charge in [0.1, 0.15) is 6.54 Å². The highest BCUT2D eigenvalue weighted by Crippen LogP contribution is 2.30. The summed E-state index contributed by atoms with van der Waals surface area (Å²) in [6.07, 6.45) is 3.83. The Balaban J connectivity index is 1.58. The minimum Gasteiger partial charge on any atom is -0.310 e. The summed E-state index contributed by atoms with van der Waals surface area (Å²) >= 11 is 1.38. The predicted octanol–water partition coefficient (Wildman–Crippen LogP) is 5.27. The molecule has 0 amide bonds. The van der Waals surface area contributed by atoms with Crippen LogP contribution in [-0.2, 0) is 13.1 Å². The third kappa shape index (κ3) is 5.89. The zero-order valence-electron chi connectivity index (χ0n) is 14.8. The van der Waals surface area contributed by atoms with E-state index in [9.17, 15) is 13.2 Å². The van der Waals surface area contributed by atoms with Crippen molar-refractivity contribution < 1.29 is 13.2 Å². The molecule has 0 atom stereocenters. The van der Waals surface area contributed by atoms with Gasteiger partial charge in [0.15, 0.2) is 5.16 Å². The number of hydrogen-bond acceptors (Lipinski definition) is 3. The van der Waals surface area contributed by atoms with Crippen molar-refractivity contribution in [1.82, 2.24) is 19.3 Å².